The van der Waals surface area contributed by atoms with Crippen LogP contribution >= 0.6 is 0 Å². The lowest BCUT2D eigenvalue weighted by Crippen LogP contribution is -2.22. The topological polar surface area (TPSA) is 55.8 Å². The van der Waals surface area contributed by atoms with Gasteiger partial charge in [-0.3, -0.25) is 9.59 Å². The summed E-state index contributed by atoms with van der Waals surface area (Å²) in [7, 11) is 3.51. The van der Waals surface area contributed by atoms with Crippen LogP contribution in [0.15, 0.2) is 60.7 Å². The molecule has 1 heterocycles. The minimum atomic E-state index is -0.428. The Kier molecular flexibility index (Phi) is 5.64. The first-order chi connectivity index (χ1) is 16.4. The molecule has 1 aliphatic heterocycles. The molecular weight excluding hydrogens is 426 g/mol. The van der Waals surface area contributed by atoms with E-state index in [1.54, 1.807) is 19.0 Å². The van der Waals surface area contributed by atoms with Crippen molar-refractivity contribution in [2.75, 3.05) is 20.9 Å². The number of ketones is 1. The highest BCUT2D eigenvalue weighted by Gasteiger charge is 2.50. The predicted molar refractivity (Wildman–Crippen MR) is 131 cm³/mol. The number of carbonyl (C=O) groups excluding carboxylic acids is 2. The summed E-state index contributed by atoms with van der Waals surface area (Å²) in [6.07, 6.45) is 2.97. The van der Waals surface area contributed by atoms with Crippen molar-refractivity contribution >= 4 is 11.7 Å². The molecule has 0 atom stereocenters. The van der Waals surface area contributed by atoms with Gasteiger partial charge in [-0.2, -0.15) is 0 Å². The van der Waals surface area contributed by atoms with E-state index in [2.05, 4.69) is 25.1 Å². The van der Waals surface area contributed by atoms with E-state index >= 15 is 0 Å². The monoisotopic (exact) mass is 455 g/mol. The van der Waals surface area contributed by atoms with E-state index in [4.69, 9.17) is 9.47 Å². The first-order valence-corrected chi connectivity index (χ1v) is 11.8. The lowest BCUT2D eigenvalue weighted by Gasteiger charge is -2.17. The number of carbonyl (C=O) groups is 2. The van der Waals surface area contributed by atoms with Gasteiger partial charge in [0, 0.05) is 26.1 Å². The number of Topliss-reactive ketones (excluding diaryl/α,β-unsaturated/α-hetero) is 1. The molecule has 0 aromatic heterocycles. The molecule has 34 heavy (non-hydrogen) atoms. The summed E-state index contributed by atoms with van der Waals surface area (Å²) in [5.41, 5.74) is 5.51. The van der Waals surface area contributed by atoms with Gasteiger partial charge in [-0.05, 0) is 71.3 Å². The molecule has 0 bridgehead atoms. The second-order valence-electron chi connectivity index (χ2n) is 9.38. The SMILES string of the molecule is CCc1ccc(CC(=O)C2(c3ccc4c(c3)OCO4)CC2)cc1-c1cccc(C(=O)N(C)C)c1. The molecule has 174 valence electrons. The fraction of sp³-hybridized carbons (Fsp3) is 0.310. The summed E-state index contributed by atoms with van der Waals surface area (Å²) in [5, 5.41) is 0. The van der Waals surface area contributed by atoms with Gasteiger partial charge in [0.15, 0.2) is 11.5 Å². The Labute approximate surface area is 200 Å². The Balaban J connectivity index is 1.43. The Morgan fingerprint density at radius 2 is 1.74 bits per heavy atom. The van der Waals surface area contributed by atoms with E-state index in [9.17, 15) is 9.59 Å². The molecule has 0 saturated heterocycles. The van der Waals surface area contributed by atoms with E-state index in [-0.39, 0.29) is 18.5 Å². The fourth-order valence-electron chi connectivity index (χ4n) is 4.79. The third-order valence-electron chi connectivity index (χ3n) is 6.96. The smallest absolute Gasteiger partial charge is 0.253 e. The van der Waals surface area contributed by atoms with Gasteiger partial charge in [0.25, 0.3) is 5.91 Å². The van der Waals surface area contributed by atoms with Crippen LogP contribution in [-0.2, 0) is 23.1 Å². The third kappa shape index (κ3) is 3.96. The number of rotatable bonds is 7. The van der Waals surface area contributed by atoms with Crippen LogP contribution in [0.1, 0.15) is 46.8 Å². The number of benzene rings is 3. The van der Waals surface area contributed by atoms with E-state index in [1.807, 2.05) is 42.5 Å². The van der Waals surface area contributed by atoms with Gasteiger partial charge in [0.05, 0.1) is 5.41 Å². The summed E-state index contributed by atoms with van der Waals surface area (Å²) in [6.45, 7) is 2.35. The maximum atomic E-state index is 13.5. The maximum absolute atomic E-state index is 13.5. The molecule has 0 spiro atoms. The van der Waals surface area contributed by atoms with Crippen LogP contribution in [0.4, 0.5) is 0 Å². The van der Waals surface area contributed by atoms with Crippen LogP contribution in [0.3, 0.4) is 0 Å². The second-order valence-corrected chi connectivity index (χ2v) is 9.38. The average molecular weight is 456 g/mol. The summed E-state index contributed by atoms with van der Waals surface area (Å²) in [6, 6.07) is 19.9. The molecule has 1 aliphatic carbocycles. The highest BCUT2D eigenvalue weighted by molar-refractivity contribution is 5.96. The van der Waals surface area contributed by atoms with Gasteiger partial charge in [-0.15, -0.1) is 0 Å². The number of ether oxygens (including phenoxy) is 2. The van der Waals surface area contributed by atoms with Crippen molar-refractivity contribution in [2.24, 2.45) is 0 Å². The average Bonchev–Trinajstić information content (AvgIpc) is 3.54. The largest absolute Gasteiger partial charge is 0.454 e. The first kappa shape index (κ1) is 22.2. The molecule has 0 unspecified atom stereocenters. The Morgan fingerprint density at radius 3 is 2.47 bits per heavy atom. The minimum absolute atomic E-state index is 0.0226. The van der Waals surface area contributed by atoms with Crippen LogP contribution < -0.4 is 9.47 Å². The highest BCUT2D eigenvalue weighted by Crippen LogP contribution is 2.51. The molecule has 1 saturated carbocycles. The number of fused-ring (bicyclic) bond motifs is 1. The summed E-state index contributed by atoms with van der Waals surface area (Å²) in [4.78, 5) is 27.6. The van der Waals surface area contributed by atoms with Crippen molar-refractivity contribution in [2.45, 2.75) is 38.0 Å². The normalized spacial score (nSPS) is 15.1. The van der Waals surface area contributed by atoms with Gasteiger partial charge in [0.1, 0.15) is 5.78 Å². The lowest BCUT2D eigenvalue weighted by atomic mass is 9.86. The molecule has 1 amide bonds. The molecule has 5 nitrogen and oxygen atoms in total. The van der Waals surface area contributed by atoms with Crippen molar-refractivity contribution in [3.63, 3.8) is 0 Å². The zero-order valence-electron chi connectivity index (χ0n) is 19.9. The van der Waals surface area contributed by atoms with Crippen LogP contribution in [-0.4, -0.2) is 37.5 Å². The Hall–Kier alpha value is -3.60. The van der Waals surface area contributed by atoms with Crippen molar-refractivity contribution < 1.29 is 19.1 Å². The summed E-state index contributed by atoms with van der Waals surface area (Å²) < 4.78 is 11.0. The van der Waals surface area contributed by atoms with Crippen LogP contribution in [0.25, 0.3) is 11.1 Å². The molecule has 3 aromatic rings. The molecule has 0 N–H and O–H groups in total. The minimum Gasteiger partial charge on any atom is -0.454 e. The fourth-order valence-corrected chi connectivity index (χ4v) is 4.79. The first-order valence-electron chi connectivity index (χ1n) is 11.8. The summed E-state index contributed by atoms with van der Waals surface area (Å²) in [5.74, 6) is 1.67. The highest BCUT2D eigenvalue weighted by atomic mass is 16.7. The van der Waals surface area contributed by atoms with Gasteiger partial charge < -0.3 is 14.4 Å². The number of nitrogens with zero attached hydrogens (tertiary/aromatic N) is 1. The maximum Gasteiger partial charge on any atom is 0.253 e. The molecule has 0 radical (unpaired) electrons. The number of amides is 1. The number of aryl methyl sites for hydroxylation is 1. The second kappa shape index (κ2) is 8.64. The van der Waals surface area contributed by atoms with Crippen molar-refractivity contribution in [1.82, 2.24) is 4.90 Å². The molecule has 5 heteroatoms. The van der Waals surface area contributed by atoms with E-state index in [1.165, 1.54) is 5.56 Å². The van der Waals surface area contributed by atoms with Gasteiger partial charge in [0.2, 0.25) is 6.79 Å². The van der Waals surface area contributed by atoms with Gasteiger partial charge in [-0.1, -0.05) is 43.3 Å². The van der Waals surface area contributed by atoms with E-state index in [0.29, 0.717) is 12.0 Å². The molecule has 2 aliphatic rings. The predicted octanol–water partition coefficient (Wildman–Crippen LogP) is 5.19. The third-order valence-corrected chi connectivity index (χ3v) is 6.96. The Bertz CT molecular complexity index is 1270. The van der Waals surface area contributed by atoms with Gasteiger partial charge >= 0.3 is 0 Å². The van der Waals surface area contributed by atoms with Crippen molar-refractivity contribution in [3.05, 3.63) is 82.9 Å². The van der Waals surface area contributed by atoms with Gasteiger partial charge in [-0.25, -0.2) is 0 Å². The zero-order valence-corrected chi connectivity index (χ0v) is 19.9. The summed E-state index contributed by atoms with van der Waals surface area (Å²) >= 11 is 0. The molecule has 5 rings (SSSR count). The number of hydrogen-bond acceptors (Lipinski definition) is 4. The molecule has 3 aromatic carbocycles. The standard InChI is InChI=1S/C29H29NO4/c1-4-20-9-8-19(14-24(20)21-6-5-7-22(16-21)28(32)30(2)3)15-27(31)29(12-13-29)23-10-11-25-26(17-23)34-18-33-25/h5-11,14,16-17H,4,12-13,15,18H2,1-3H3. The molecular formula is C29H29NO4. The van der Waals surface area contributed by atoms with Crippen LogP contribution in [0.5, 0.6) is 11.5 Å². The van der Waals surface area contributed by atoms with Crippen LogP contribution in [0, 0.1) is 0 Å². The van der Waals surface area contributed by atoms with Crippen molar-refractivity contribution in [1.29, 1.82) is 0 Å². The number of hydrogen-bond donors (Lipinski definition) is 0. The Morgan fingerprint density at radius 1 is 0.941 bits per heavy atom. The van der Waals surface area contributed by atoms with Crippen molar-refractivity contribution in [3.8, 4) is 22.6 Å². The van der Waals surface area contributed by atoms with E-state index in [0.717, 1.165) is 53.0 Å². The zero-order chi connectivity index (χ0) is 23.9. The quantitative estimate of drug-likeness (QED) is 0.492. The lowest BCUT2D eigenvalue weighted by molar-refractivity contribution is -0.120. The van der Waals surface area contributed by atoms with E-state index < -0.39 is 5.41 Å². The van der Waals surface area contributed by atoms with Crippen LogP contribution in [0.2, 0.25) is 0 Å². The molecule has 1 fully saturated rings.